The van der Waals surface area contributed by atoms with E-state index in [9.17, 15) is 13.2 Å². The molecule has 1 aromatic heterocycles. The van der Waals surface area contributed by atoms with Crippen molar-refractivity contribution in [2.45, 2.75) is 6.61 Å². The highest BCUT2D eigenvalue weighted by Gasteiger charge is 2.07. The van der Waals surface area contributed by atoms with E-state index >= 15 is 0 Å². The molecular weight excluding hydrogens is 283 g/mol. The van der Waals surface area contributed by atoms with Crippen molar-refractivity contribution in [2.24, 2.45) is 0 Å². The van der Waals surface area contributed by atoms with E-state index in [1.165, 1.54) is 24.3 Å². The first-order valence-corrected chi connectivity index (χ1v) is 5.42. The van der Waals surface area contributed by atoms with Crippen LogP contribution in [-0.4, -0.2) is 16.6 Å². The van der Waals surface area contributed by atoms with Gasteiger partial charge in [-0.15, -0.1) is 0 Å². The standard InChI is InChI=1S/C11H7ClF3N3O/c12-10-16-5-8(13)9(18-10)17-6-1-3-7(4-2-6)19-11(14)15/h1-5,11H,(H,16,17,18). The van der Waals surface area contributed by atoms with Crippen LogP contribution in [0.15, 0.2) is 30.5 Å². The predicted molar refractivity (Wildman–Crippen MR) is 63.4 cm³/mol. The summed E-state index contributed by atoms with van der Waals surface area (Å²) >= 11 is 5.53. The van der Waals surface area contributed by atoms with Gasteiger partial charge < -0.3 is 10.1 Å². The third kappa shape index (κ3) is 3.72. The van der Waals surface area contributed by atoms with Crippen LogP contribution >= 0.6 is 11.6 Å². The molecule has 0 aliphatic carbocycles. The van der Waals surface area contributed by atoms with Gasteiger partial charge >= 0.3 is 6.61 Å². The molecule has 4 nitrogen and oxygen atoms in total. The SMILES string of the molecule is Fc1cnc(Cl)nc1Nc1ccc(OC(F)F)cc1. The Morgan fingerprint density at radius 2 is 1.89 bits per heavy atom. The molecule has 2 aromatic rings. The van der Waals surface area contributed by atoms with Crippen molar-refractivity contribution < 1.29 is 17.9 Å². The van der Waals surface area contributed by atoms with Crippen LogP contribution in [0.3, 0.4) is 0 Å². The van der Waals surface area contributed by atoms with E-state index in [4.69, 9.17) is 11.6 Å². The lowest BCUT2D eigenvalue weighted by molar-refractivity contribution is -0.0498. The predicted octanol–water partition coefficient (Wildman–Crippen LogP) is 3.61. The fourth-order valence-electron chi connectivity index (χ4n) is 1.29. The first-order chi connectivity index (χ1) is 9.04. The minimum absolute atomic E-state index is 0.00161. The summed E-state index contributed by atoms with van der Waals surface area (Å²) in [5.74, 6) is -0.790. The third-order valence-corrected chi connectivity index (χ3v) is 2.24. The van der Waals surface area contributed by atoms with Gasteiger partial charge in [-0.1, -0.05) is 0 Å². The molecule has 1 heterocycles. The quantitative estimate of drug-likeness (QED) is 0.873. The molecule has 100 valence electrons. The molecule has 0 aliphatic rings. The average molecular weight is 290 g/mol. The van der Waals surface area contributed by atoms with E-state index in [0.717, 1.165) is 6.20 Å². The van der Waals surface area contributed by atoms with E-state index in [2.05, 4.69) is 20.0 Å². The number of anilines is 2. The lowest BCUT2D eigenvalue weighted by Gasteiger charge is -2.08. The molecule has 0 radical (unpaired) electrons. The Morgan fingerprint density at radius 1 is 1.21 bits per heavy atom. The number of nitrogens with zero attached hydrogens (tertiary/aromatic N) is 2. The number of hydrogen-bond acceptors (Lipinski definition) is 4. The van der Waals surface area contributed by atoms with Crippen LogP contribution in [0.25, 0.3) is 0 Å². The van der Waals surface area contributed by atoms with Gasteiger partial charge in [-0.2, -0.15) is 13.8 Å². The van der Waals surface area contributed by atoms with Crippen LogP contribution in [0.4, 0.5) is 24.7 Å². The molecule has 0 fully saturated rings. The molecule has 2 rings (SSSR count). The molecular formula is C11H7ClF3N3O. The first kappa shape index (κ1) is 13.4. The van der Waals surface area contributed by atoms with Crippen molar-refractivity contribution in [3.8, 4) is 5.75 Å². The zero-order valence-corrected chi connectivity index (χ0v) is 10.0. The van der Waals surface area contributed by atoms with Crippen LogP contribution in [0.2, 0.25) is 5.28 Å². The van der Waals surface area contributed by atoms with Crippen molar-refractivity contribution in [3.63, 3.8) is 0 Å². The molecule has 0 atom stereocenters. The molecule has 8 heteroatoms. The Bertz CT molecular complexity index is 566. The Hall–Kier alpha value is -2.02. The number of nitrogens with one attached hydrogen (secondary N) is 1. The summed E-state index contributed by atoms with van der Waals surface area (Å²) < 4.78 is 41.4. The summed E-state index contributed by atoms with van der Waals surface area (Å²) in [5.41, 5.74) is 0.440. The zero-order chi connectivity index (χ0) is 13.8. The number of alkyl halides is 2. The van der Waals surface area contributed by atoms with E-state index < -0.39 is 12.4 Å². The largest absolute Gasteiger partial charge is 0.435 e. The molecule has 1 N–H and O–H groups in total. The van der Waals surface area contributed by atoms with E-state index in [1.54, 1.807) is 0 Å². The van der Waals surface area contributed by atoms with E-state index in [0.29, 0.717) is 5.69 Å². The summed E-state index contributed by atoms with van der Waals surface area (Å²) in [6.45, 7) is -2.89. The van der Waals surface area contributed by atoms with Crippen molar-refractivity contribution in [2.75, 3.05) is 5.32 Å². The van der Waals surface area contributed by atoms with Gasteiger partial charge in [0.1, 0.15) is 5.75 Å². The van der Waals surface area contributed by atoms with Crippen LogP contribution in [-0.2, 0) is 0 Å². The van der Waals surface area contributed by atoms with Gasteiger partial charge in [0, 0.05) is 5.69 Å². The fraction of sp³-hybridized carbons (Fsp3) is 0.0909. The minimum atomic E-state index is -2.89. The molecule has 19 heavy (non-hydrogen) atoms. The van der Waals surface area contributed by atoms with Crippen molar-refractivity contribution in [1.29, 1.82) is 0 Å². The molecule has 0 spiro atoms. The van der Waals surface area contributed by atoms with Gasteiger partial charge in [-0.05, 0) is 35.9 Å². The minimum Gasteiger partial charge on any atom is -0.435 e. The lowest BCUT2D eigenvalue weighted by atomic mass is 10.3. The van der Waals surface area contributed by atoms with Gasteiger partial charge in [-0.3, -0.25) is 0 Å². The van der Waals surface area contributed by atoms with Gasteiger partial charge in [0.2, 0.25) is 5.28 Å². The average Bonchev–Trinajstić information content (AvgIpc) is 2.35. The Balaban J connectivity index is 2.13. The Labute approximate surface area is 111 Å². The highest BCUT2D eigenvalue weighted by atomic mass is 35.5. The maximum atomic E-state index is 13.3. The number of halogens is 4. The summed E-state index contributed by atoms with van der Waals surface area (Å²) in [6.07, 6.45) is 0.923. The van der Waals surface area contributed by atoms with Crippen LogP contribution in [0.5, 0.6) is 5.75 Å². The number of rotatable bonds is 4. The van der Waals surface area contributed by atoms with E-state index in [1.807, 2.05) is 0 Å². The highest BCUT2D eigenvalue weighted by Crippen LogP contribution is 2.22. The second kappa shape index (κ2) is 5.75. The van der Waals surface area contributed by atoms with Crippen molar-refractivity contribution in [3.05, 3.63) is 41.6 Å². The molecule has 1 aromatic carbocycles. The van der Waals surface area contributed by atoms with Gasteiger partial charge in [0.15, 0.2) is 11.6 Å². The van der Waals surface area contributed by atoms with Crippen LogP contribution in [0, 0.1) is 5.82 Å². The van der Waals surface area contributed by atoms with Crippen LogP contribution in [0.1, 0.15) is 0 Å². The summed E-state index contributed by atoms with van der Waals surface area (Å²) in [7, 11) is 0. The molecule has 0 saturated heterocycles. The molecule has 0 aliphatic heterocycles. The van der Waals surface area contributed by atoms with Gasteiger partial charge in [0.25, 0.3) is 0 Å². The van der Waals surface area contributed by atoms with Crippen molar-refractivity contribution >= 4 is 23.1 Å². The second-order valence-corrected chi connectivity index (χ2v) is 3.70. The molecule has 0 amide bonds. The Morgan fingerprint density at radius 3 is 2.53 bits per heavy atom. The van der Waals surface area contributed by atoms with E-state index in [-0.39, 0.29) is 16.9 Å². The summed E-state index contributed by atoms with van der Waals surface area (Å²) in [4.78, 5) is 7.12. The summed E-state index contributed by atoms with van der Waals surface area (Å²) in [6, 6.07) is 5.50. The molecule has 0 saturated carbocycles. The maximum absolute atomic E-state index is 13.3. The first-order valence-electron chi connectivity index (χ1n) is 5.04. The monoisotopic (exact) mass is 289 g/mol. The highest BCUT2D eigenvalue weighted by molar-refractivity contribution is 6.28. The number of benzene rings is 1. The normalized spacial score (nSPS) is 10.6. The fourth-order valence-corrected chi connectivity index (χ4v) is 1.42. The number of hydrogen-bond donors (Lipinski definition) is 1. The second-order valence-electron chi connectivity index (χ2n) is 3.36. The maximum Gasteiger partial charge on any atom is 0.387 e. The number of ether oxygens (including phenoxy) is 1. The smallest absolute Gasteiger partial charge is 0.387 e. The number of aromatic nitrogens is 2. The topological polar surface area (TPSA) is 47.0 Å². The Kier molecular flexibility index (Phi) is 4.06. The van der Waals surface area contributed by atoms with Gasteiger partial charge in [-0.25, -0.2) is 9.37 Å². The van der Waals surface area contributed by atoms with Gasteiger partial charge in [0.05, 0.1) is 6.20 Å². The molecule has 0 bridgehead atoms. The lowest BCUT2D eigenvalue weighted by Crippen LogP contribution is -2.02. The summed E-state index contributed by atoms with van der Waals surface area (Å²) in [5, 5.41) is 2.53. The van der Waals surface area contributed by atoms with Crippen molar-refractivity contribution in [1.82, 2.24) is 9.97 Å². The third-order valence-electron chi connectivity index (χ3n) is 2.06. The zero-order valence-electron chi connectivity index (χ0n) is 9.28. The molecule has 0 unspecified atom stereocenters. The van der Waals surface area contributed by atoms with Crippen LogP contribution < -0.4 is 10.1 Å².